The van der Waals surface area contributed by atoms with Gasteiger partial charge in [-0.05, 0) is 26.0 Å². The van der Waals surface area contributed by atoms with Gasteiger partial charge in [0.2, 0.25) is 0 Å². The van der Waals surface area contributed by atoms with Crippen molar-refractivity contribution in [2.24, 2.45) is 0 Å². The fourth-order valence-corrected chi connectivity index (χ4v) is 2.85. The maximum absolute atomic E-state index is 12.1. The van der Waals surface area contributed by atoms with Crippen molar-refractivity contribution in [2.75, 3.05) is 13.1 Å². The van der Waals surface area contributed by atoms with Crippen LogP contribution in [0.25, 0.3) is 0 Å². The Labute approximate surface area is 133 Å². The van der Waals surface area contributed by atoms with Gasteiger partial charge in [0.25, 0.3) is 5.91 Å². The maximum atomic E-state index is 12.1. The van der Waals surface area contributed by atoms with E-state index >= 15 is 0 Å². The van der Waals surface area contributed by atoms with Crippen LogP contribution in [0.4, 0.5) is 4.79 Å². The van der Waals surface area contributed by atoms with E-state index in [1.54, 1.807) is 6.92 Å². The van der Waals surface area contributed by atoms with Crippen molar-refractivity contribution in [3.63, 3.8) is 0 Å². The second-order valence-corrected chi connectivity index (χ2v) is 6.29. The lowest BCUT2D eigenvalue weighted by Gasteiger charge is -2.19. The quantitative estimate of drug-likeness (QED) is 0.659. The maximum Gasteiger partial charge on any atom is 0.324 e. The lowest BCUT2D eigenvalue weighted by Crippen LogP contribution is -2.42. The third-order valence-electron chi connectivity index (χ3n) is 3.15. The zero-order valence-electron chi connectivity index (χ0n) is 12.4. The summed E-state index contributed by atoms with van der Waals surface area (Å²) in [5.41, 5.74) is 0. The van der Waals surface area contributed by atoms with E-state index in [0.29, 0.717) is 13.1 Å². The molecule has 1 fully saturated rings. The molecule has 1 aliphatic heterocycles. The van der Waals surface area contributed by atoms with E-state index in [9.17, 15) is 14.4 Å². The number of amides is 3. The molecular formula is C15H18N2O4S. The second-order valence-electron chi connectivity index (χ2n) is 4.87. The Hall–Kier alpha value is -2.02. The van der Waals surface area contributed by atoms with E-state index in [-0.39, 0.29) is 0 Å². The number of nitrogens with one attached hydrogen (secondary N) is 1. The smallest absolute Gasteiger partial charge is 0.324 e. The SMILES string of the molecule is C[C@@H](OC(=O)[C@@H](C)Sc1ccccc1)C(=O)N1CCNC1=O. The first-order valence-corrected chi connectivity index (χ1v) is 7.88. The number of carbonyl (C=O) groups excluding carboxylic acids is 3. The Morgan fingerprint density at radius 1 is 1.27 bits per heavy atom. The number of carbonyl (C=O) groups is 3. The van der Waals surface area contributed by atoms with Crippen LogP contribution in [-0.2, 0) is 14.3 Å². The van der Waals surface area contributed by atoms with E-state index in [2.05, 4.69) is 5.32 Å². The molecule has 2 rings (SSSR count). The summed E-state index contributed by atoms with van der Waals surface area (Å²) in [5.74, 6) is -0.977. The van der Waals surface area contributed by atoms with Crippen molar-refractivity contribution < 1.29 is 19.1 Å². The molecule has 2 atom stereocenters. The van der Waals surface area contributed by atoms with Gasteiger partial charge in [-0.2, -0.15) is 0 Å². The summed E-state index contributed by atoms with van der Waals surface area (Å²) in [6.07, 6.45) is -0.977. The van der Waals surface area contributed by atoms with Crippen molar-refractivity contribution in [3.05, 3.63) is 30.3 Å². The number of esters is 1. The van der Waals surface area contributed by atoms with Crippen molar-refractivity contribution in [1.29, 1.82) is 0 Å². The number of thioether (sulfide) groups is 1. The molecule has 3 amide bonds. The van der Waals surface area contributed by atoms with Crippen molar-refractivity contribution in [3.8, 4) is 0 Å². The summed E-state index contributed by atoms with van der Waals surface area (Å²) in [4.78, 5) is 37.5. The molecule has 0 spiro atoms. The van der Waals surface area contributed by atoms with Crippen LogP contribution in [0.5, 0.6) is 0 Å². The number of hydrogen-bond acceptors (Lipinski definition) is 5. The Kier molecular flexibility index (Phi) is 5.43. The Bertz CT molecular complexity index is 564. The van der Waals surface area contributed by atoms with E-state index in [1.807, 2.05) is 30.3 Å². The number of nitrogens with zero attached hydrogens (tertiary/aromatic N) is 1. The normalized spacial score (nSPS) is 16.8. The highest BCUT2D eigenvalue weighted by Gasteiger charge is 2.32. The van der Waals surface area contributed by atoms with Gasteiger partial charge in [-0.15, -0.1) is 11.8 Å². The highest BCUT2D eigenvalue weighted by Crippen LogP contribution is 2.23. The number of imide groups is 1. The van der Waals surface area contributed by atoms with Crippen LogP contribution in [0.3, 0.4) is 0 Å². The molecule has 1 aromatic rings. The summed E-state index contributed by atoms with van der Waals surface area (Å²) in [6, 6.07) is 9.03. The third kappa shape index (κ3) is 4.00. The fraction of sp³-hybridized carbons (Fsp3) is 0.400. The molecule has 6 nitrogen and oxygen atoms in total. The minimum Gasteiger partial charge on any atom is -0.452 e. The molecule has 1 aliphatic rings. The molecule has 0 bridgehead atoms. The van der Waals surface area contributed by atoms with Crippen molar-refractivity contribution in [2.45, 2.75) is 30.1 Å². The van der Waals surface area contributed by atoms with Crippen LogP contribution in [0.2, 0.25) is 0 Å². The minimum atomic E-state index is -0.977. The van der Waals surface area contributed by atoms with E-state index in [1.165, 1.54) is 18.7 Å². The molecule has 1 heterocycles. The van der Waals surface area contributed by atoms with Crippen molar-refractivity contribution in [1.82, 2.24) is 10.2 Å². The average molecular weight is 322 g/mol. The number of urea groups is 1. The summed E-state index contributed by atoms with van der Waals surface area (Å²) in [7, 11) is 0. The average Bonchev–Trinajstić information content (AvgIpc) is 2.93. The third-order valence-corrected chi connectivity index (χ3v) is 4.24. The van der Waals surface area contributed by atoms with Gasteiger partial charge in [0.15, 0.2) is 6.10 Å². The minimum absolute atomic E-state index is 0.299. The zero-order chi connectivity index (χ0) is 16.1. The van der Waals surface area contributed by atoms with Crippen LogP contribution < -0.4 is 5.32 Å². The molecular weight excluding hydrogens is 304 g/mol. The number of hydrogen-bond donors (Lipinski definition) is 1. The Morgan fingerprint density at radius 3 is 2.55 bits per heavy atom. The first-order valence-electron chi connectivity index (χ1n) is 7.00. The predicted octanol–water partition coefficient (Wildman–Crippen LogP) is 1.65. The van der Waals surface area contributed by atoms with Crippen LogP contribution in [0.15, 0.2) is 35.2 Å². The lowest BCUT2D eigenvalue weighted by atomic mass is 10.3. The highest BCUT2D eigenvalue weighted by atomic mass is 32.2. The summed E-state index contributed by atoms with van der Waals surface area (Å²) in [5, 5.41) is 2.10. The molecule has 1 N–H and O–H groups in total. The number of benzene rings is 1. The van der Waals surface area contributed by atoms with Gasteiger partial charge in [0.1, 0.15) is 5.25 Å². The molecule has 0 saturated carbocycles. The molecule has 7 heteroatoms. The van der Waals surface area contributed by atoms with Gasteiger partial charge in [-0.25, -0.2) is 4.79 Å². The lowest BCUT2D eigenvalue weighted by molar-refractivity contribution is -0.156. The standard InChI is InChI=1S/C15H18N2O4S/c1-10(13(18)17-9-8-16-15(17)20)21-14(19)11(2)22-12-6-4-3-5-7-12/h3-7,10-11H,8-9H2,1-2H3,(H,16,20)/t10-,11-/m1/s1. The van der Waals surface area contributed by atoms with Crippen LogP contribution >= 0.6 is 11.8 Å². The van der Waals surface area contributed by atoms with Gasteiger partial charge < -0.3 is 10.1 Å². The molecule has 1 saturated heterocycles. The Balaban J connectivity index is 1.87. The van der Waals surface area contributed by atoms with Crippen molar-refractivity contribution >= 4 is 29.7 Å². The van der Waals surface area contributed by atoms with E-state index < -0.39 is 29.3 Å². The molecule has 0 aliphatic carbocycles. The molecule has 22 heavy (non-hydrogen) atoms. The summed E-state index contributed by atoms with van der Waals surface area (Å²) >= 11 is 1.36. The van der Waals surface area contributed by atoms with Gasteiger partial charge >= 0.3 is 12.0 Å². The van der Waals surface area contributed by atoms with Crippen LogP contribution in [0.1, 0.15) is 13.8 Å². The number of ether oxygens (including phenoxy) is 1. The van der Waals surface area contributed by atoms with Crippen LogP contribution in [-0.4, -0.2) is 47.3 Å². The second kappa shape index (κ2) is 7.31. The zero-order valence-corrected chi connectivity index (χ0v) is 13.3. The first kappa shape index (κ1) is 16.4. The fourth-order valence-electron chi connectivity index (χ4n) is 1.97. The molecule has 0 radical (unpaired) electrons. The highest BCUT2D eigenvalue weighted by molar-refractivity contribution is 8.00. The summed E-state index contributed by atoms with van der Waals surface area (Å²) in [6.45, 7) is 3.92. The Morgan fingerprint density at radius 2 is 1.95 bits per heavy atom. The largest absolute Gasteiger partial charge is 0.452 e. The predicted molar refractivity (Wildman–Crippen MR) is 82.4 cm³/mol. The first-order chi connectivity index (χ1) is 10.5. The van der Waals surface area contributed by atoms with Crippen LogP contribution in [0, 0.1) is 0 Å². The van der Waals surface area contributed by atoms with E-state index in [0.717, 1.165) is 9.80 Å². The molecule has 0 aromatic heterocycles. The molecule has 0 unspecified atom stereocenters. The van der Waals surface area contributed by atoms with Gasteiger partial charge in [-0.3, -0.25) is 14.5 Å². The summed E-state index contributed by atoms with van der Waals surface area (Å²) < 4.78 is 5.18. The van der Waals surface area contributed by atoms with Gasteiger partial charge in [-0.1, -0.05) is 18.2 Å². The molecule has 118 valence electrons. The van der Waals surface area contributed by atoms with Gasteiger partial charge in [0, 0.05) is 18.0 Å². The number of rotatable bonds is 5. The van der Waals surface area contributed by atoms with Gasteiger partial charge in [0.05, 0.1) is 0 Å². The topological polar surface area (TPSA) is 75.7 Å². The van der Waals surface area contributed by atoms with E-state index in [4.69, 9.17) is 4.74 Å². The monoisotopic (exact) mass is 322 g/mol. The molecule has 1 aromatic carbocycles.